The molecule has 1 aromatic heterocycles. The highest BCUT2D eigenvalue weighted by Gasteiger charge is 2.20. The second kappa shape index (κ2) is 7.41. The van der Waals surface area contributed by atoms with E-state index in [0.717, 1.165) is 12.1 Å². The average Bonchev–Trinajstić information content (AvgIpc) is 2.43. The van der Waals surface area contributed by atoms with Crippen LogP contribution in [0.25, 0.3) is 0 Å². The van der Waals surface area contributed by atoms with Crippen molar-refractivity contribution in [3.8, 4) is 5.75 Å². The van der Waals surface area contributed by atoms with Crippen molar-refractivity contribution in [3.05, 3.63) is 24.0 Å². The molecule has 1 rings (SSSR count). The summed E-state index contributed by atoms with van der Waals surface area (Å²) in [5.41, 5.74) is 0.984. The number of hydrogen-bond donors (Lipinski definition) is 0. The van der Waals surface area contributed by atoms with Gasteiger partial charge in [0.1, 0.15) is 12.4 Å². The monoisotopic (exact) mass is 271 g/mol. The molecular formula is C15H23F2NO. The SMILES string of the molecule is CCC(C)C(C)C(C)c1ccc(OCC(F)F)cn1. The van der Waals surface area contributed by atoms with E-state index >= 15 is 0 Å². The largest absolute Gasteiger partial charge is 0.486 e. The van der Waals surface area contributed by atoms with Crippen LogP contribution >= 0.6 is 0 Å². The summed E-state index contributed by atoms with van der Waals surface area (Å²) >= 11 is 0. The Hall–Kier alpha value is -1.19. The molecule has 0 N–H and O–H groups in total. The molecule has 0 radical (unpaired) electrons. The van der Waals surface area contributed by atoms with Crippen LogP contribution in [0.15, 0.2) is 18.3 Å². The third-order valence-corrected chi connectivity index (χ3v) is 3.93. The average molecular weight is 271 g/mol. The second-order valence-corrected chi connectivity index (χ2v) is 5.15. The molecule has 0 spiro atoms. The van der Waals surface area contributed by atoms with Gasteiger partial charge in [-0.2, -0.15) is 0 Å². The van der Waals surface area contributed by atoms with E-state index < -0.39 is 13.0 Å². The molecule has 0 aromatic carbocycles. The molecule has 3 unspecified atom stereocenters. The summed E-state index contributed by atoms with van der Waals surface area (Å²) in [7, 11) is 0. The van der Waals surface area contributed by atoms with Crippen molar-refractivity contribution in [3.63, 3.8) is 0 Å². The maximum Gasteiger partial charge on any atom is 0.272 e. The molecule has 0 aliphatic carbocycles. The number of rotatable bonds is 7. The fraction of sp³-hybridized carbons (Fsp3) is 0.667. The van der Waals surface area contributed by atoms with Gasteiger partial charge in [-0.1, -0.05) is 34.1 Å². The molecule has 108 valence electrons. The molecule has 0 fully saturated rings. The number of alkyl halides is 2. The number of aromatic nitrogens is 1. The van der Waals surface area contributed by atoms with E-state index in [0.29, 0.717) is 23.5 Å². The Morgan fingerprint density at radius 1 is 1.21 bits per heavy atom. The fourth-order valence-corrected chi connectivity index (χ4v) is 2.04. The van der Waals surface area contributed by atoms with Gasteiger partial charge < -0.3 is 4.74 Å². The molecule has 2 nitrogen and oxygen atoms in total. The van der Waals surface area contributed by atoms with Crippen LogP contribution in [-0.2, 0) is 0 Å². The Kier molecular flexibility index (Phi) is 6.19. The van der Waals surface area contributed by atoms with E-state index in [1.54, 1.807) is 6.07 Å². The van der Waals surface area contributed by atoms with Crippen LogP contribution < -0.4 is 4.74 Å². The molecule has 0 saturated carbocycles. The quantitative estimate of drug-likeness (QED) is 0.728. The van der Waals surface area contributed by atoms with Gasteiger partial charge in [0.25, 0.3) is 6.43 Å². The second-order valence-electron chi connectivity index (χ2n) is 5.15. The highest BCUT2D eigenvalue weighted by molar-refractivity contribution is 5.22. The summed E-state index contributed by atoms with van der Waals surface area (Å²) in [6, 6.07) is 3.58. The molecule has 0 aliphatic rings. The van der Waals surface area contributed by atoms with E-state index in [4.69, 9.17) is 4.74 Å². The molecule has 4 heteroatoms. The molecule has 19 heavy (non-hydrogen) atoms. The lowest BCUT2D eigenvalue weighted by atomic mass is 9.82. The van der Waals surface area contributed by atoms with Crippen LogP contribution in [0, 0.1) is 11.8 Å². The predicted octanol–water partition coefficient (Wildman–Crippen LogP) is 4.51. The van der Waals surface area contributed by atoms with Gasteiger partial charge in [-0.3, -0.25) is 4.98 Å². The predicted molar refractivity (Wildman–Crippen MR) is 72.8 cm³/mol. The lowest BCUT2D eigenvalue weighted by molar-refractivity contribution is 0.0817. The molecule has 1 aromatic rings. The minimum atomic E-state index is -2.45. The maximum atomic E-state index is 12.0. The third kappa shape index (κ3) is 4.77. The number of pyridine rings is 1. The van der Waals surface area contributed by atoms with Crippen LogP contribution in [0.2, 0.25) is 0 Å². The number of hydrogen-bond acceptors (Lipinski definition) is 2. The number of halogens is 2. The zero-order chi connectivity index (χ0) is 14.4. The van der Waals surface area contributed by atoms with Crippen molar-refractivity contribution in [2.24, 2.45) is 11.8 Å². The van der Waals surface area contributed by atoms with Crippen LogP contribution in [0.3, 0.4) is 0 Å². The van der Waals surface area contributed by atoms with Gasteiger partial charge in [-0.15, -0.1) is 0 Å². The third-order valence-electron chi connectivity index (χ3n) is 3.93. The normalized spacial score (nSPS) is 16.2. The number of ether oxygens (including phenoxy) is 1. The lowest BCUT2D eigenvalue weighted by Crippen LogP contribution is -2.15. The molecule has 0 amide bonds. The van der Waals surface area contributed by atoms with Crippen LogP contribution in [-0.4, -0.2) is 18.0 Å². The first-order valence-electron chi connectivity index (χ1n) is 6.82. The first kappa shape index (κ1) is 15.9. The summed E-state index contributed by atoms with van der Waals surface area (Å²) in [6.45, 7) is 8.21. The van der Waals surface area contributed by atoms with Gasteiger partial charge in [0.15, 0.2) is 0 Å². The number of nitrogens with zero attached hydrogens (tertiary/aromatic N) is 1. The summed E-state index contributed by atoms with van der Waals surface area (Å²) in [5.74, 6) is 1.91. The molecule has 3 atom stereocenters. The summed E-state index contributed by atoms with van der Waals surface area (Å²) < 4.78 is 29.0. The van der Waals surface area contributed by atoms with E-state index in [9.17, 15) is 8.78 Å². The van der Waals surface area contributed by atoms with Crippen molar-refractivity contribution in [2.45, 2.75) is 46.5 Å². The van der Waals surface area contributed by atoms with Gasteiger partial charge in [0.2, 0.25) is 0 Å². The summed E-state index contributed by atoms with van der Waals surface area (Å²) in [6.07, 6.45) is 0.211. The highest BCUT2D eigenvalue weighted by atomic mass is 19.3. The van der Waals surface area contributed by atoms with Crippen molar-refractivity contribution in [2.75, 3.05) is 6.61 Å². The Morgan fingerprint density at radius 2 is 1.89 bits per heavy atom. The minimum absolute atomic E-state index is 0.346. The fourth-order valence-electron chi connectivity index (χ4n) is 2.04. The van der Waals surface area contributed by atoms with Gasteiger partial charge in [0.05, 0.1) is 6.20 Å². The highest BCUT2D eigenvalue weighted by Crippen LogP contribution is 2.30. The van der Waals surface area contributed by atoms with Gasteiger partial charge in [-0.05, 0) is 24.0 Å². The van der Waals surface area contributed by atoms with E-state index in [2.05, 4.69) is 32.7 Å². The molecule has 0 aliphatic heterocycles. The van der Waals surface area contributed by atoms with E-state index in [1.165, 1.54) is 6.20 Å². The molecule has 0 saturated heterocycles. The van der Waals surface area contributed by atoms with Crippen molar-refractivity contribution in [1.82, 2.24) is 4.98 Å². The Balaban J connectivity index is 2.65. The smallest absolute Gasteiger partial charge is 0.272 e. The standard InChI is InChI=1S/C15H23F2NO/c1-5-10(2)11(3)12(4)14-7-6-13(8-18-14)19-9-15(16)17/h6-8,10-12,15H,5,9H2,1-4H3. The molecular weight excluding hydrogens is 248 g/mol. The lowest BCUT2D eigenvalue weighted by Gasteiger charge is -2.25. The van der Waals surface area contributed by atoms with Crippen LogP contribution in [0.4, 0.5) is 8.78 Å². The van der Waals surface area contributed by atoms with Crippen molar-refractivity contribution in [1.29, 1.82) is 0 Å². The van der Waals surface area contributed by atoms with Crippen LogP contribution in [0.5, 0.6) is 5.75 Å². The first-order chi connectivity index (χ1) is 8.95. The zero-order valence-corrected chi connectivity index (χ0v) is 12.1. The summed E-state index contributed by atoms with van der Waals surface area (Å²) in [5, 5.41) is 0. The maximum absolute atomic E-state index is 12.0. The van der Waals surface area contributed by atoms with Crippen molar-refractivity contribution >= 4 is 0 Å². The summed E-state index contributed by atoms with van der Waals surface area (Å²) in [4.78, 5) is 4.32. The Morgan fingerprint density at radius 3 is 2.37 bits per heavy atom. The minimum Gasteiger partial charge on any atom is -0.486 e. The Labute approximate surface area is 114 Å². The van der Waals surface area contributed by atoms with Crippen LogP contribution in [0.1, 0.15) is 45.7 Å². The van der Waals surface area contributed by atoms with E-state index in [1.807, 2.05) is 6.07 Å². The van der Waals surface area contributed by atoms with Crippen molar-refractivity contribution < 1.29 is 13.5 Å². The Bertz CT molecular complexity index is 367. The zero-order valence-electron chi connectivity index (χ0n) is 12.1. The van der Waals surface area contributed by atoms with Gasteiger partial charge >= 0.3 is 0 Å². The van der Waals surface area contributed by atoms with E-state index in [-0.39, 0.29) is 0 Å². The molecule has 0 bridgehead atoms. The molecule has 1 heterocycles. The van der Waals surface area contributed by atoms with Gasteiger partial charge in [-0.25, -0.2) is 8.78 Å². The van der Waals surface area contributed by atoms with Gasteiger partial charge in [0, 0.05) is 11.6 Å². The topological polar surface area (TPSA) is 22.1 Å². The first-order valence-corrected chi connectivity index (χ1v) is 6.82.